The summed E-state index contributed by atoms with van der Waals surface area (Å²) in [4.78, 5) is 18.4. The quantitative estimate of drug-likeness (QED) is 0.632. The number of carbonyl (C=O) groups is 1. The predicted molar refractivity (Wildman–Crippen MR) is 103 cm³/mol. The zero-order valence-corrected chi connectivity index (χ0v) is 15.8. The van der Waals surface area contributed by atoms with Crippen molar-refractivity contribution in [3.8, 4) is 16.9 Å². The highest BCUT2D eigenvalue weighted by molar-refractivity contribution is 5.95. The molecule has 0 aliphatic rings. The highest BCUT2D eigenvalue weighted by Gasteiger charge is 2.23. The van der Waals surface area contributed by atoms with Gasteiger partial charge in [0.1, 0.15) is 17.4 Å². The van der Waals surface area contributed by atoms with Crippen molar-refractivity contribution in [3.05, 3.63) is 83.7 Å². The third-order valence-corrected chi connectivity index (χ3v) is 4.70. The van der Waals surface area contributed by atoms with Crippen LogP contribution in [0.15, 0.2) is 60.8 Å². The first-order chi connectivity index (χ1) is 13.4. The summed E-state index contributed by atoms with van der Waals surface area (Å²) < 4.78 is 33.9. The van der Waals surface area contributed by atoms with E-state index < -0.39 is 17.5 Å². The fourth-order valence-electron chi connectivity index (χ4n) is 2.90. The minimum atomic E-state index is -0.710. The third kappa shape index (κ3) is 3.86. The zero-order valence-electron chi connectivity index (χ0n) is 15.8. The van der Waals surface area contributed by atoms with Gasteiger partial charge in [-0.3, -0.25) is 9.78 Å². The number of carbonyl (C=O) groups excluding carboxylic acids is 1. The third-order valence-electron chi connectivity index (χ3n) is 4.70. The van der Waals surface area contributed by atoms with Crippen LogP contribution >= 0.6 is 0 Å². The summed E-state index contributed by atoms with van der Waals surface area (Å²) >= 11 is 0. The molecule has 4 nitrogen and oxygen atoms in total. The number of halogens is 2. The molecule has 3 aromatic rings. The van der Waals surface area contributed by atoms with E-state index in [1.54, 1.807) is 31.4 Å². The Balaban J connectivity index is 1.87. The maximum atomic E-state index is 14.7. The van der Waals surface area contributed by atoms with Crippen LogP contribution in [0.1, 0.15) is 29.0 Å². The van der Waals surface area contributed by atoms with E-state index in [2.05, 4.69) is 4.98 Å². The number of ether oxygens (including phenoxy) is 1. The largest absolute Gasteiger partial charge is 0.497 e. The molecule has 1 unspecified atom stereocenters. The molecule has 3 rings (SSSR count). The Hall–Kier alpha value is -3.28. The maximum Gasteiger partial charge on any atom is 0.257 e. The second-order valence-electron chi connectivity index (χ2n) is 6.39. The van der Waals surface area contributed by atoms with Crippen LogP contribution in [0.5, 0.6) is 5.75 Å². The van der Waals surface area contributed by atoms with Crippen molar-refractivity contribution < 1.29 is 18.3 Å². The average Bonchev–Trinajstić information content (AvgIpc) is 2.72. The first-order valence-electron chi connectivity index (χ1n) is 8.74. The van der Waals surface area contributed by atoms with Gasteiger partial charge >= 0.3 is 0 Å². The van der Waals surface area contributed by atoms with Gasteiger partial charge in [-0.15, -0.1) is 0 Å². The molecule has 0 fully saturated rings. The summed E-state index contributed by atoms with van der Waals surface area (Å²) in [5, 5.41) is 0. The topological polar surface area (TPSA) is 42.4 Å². The number of benzene rings is 2. The number of nitrogens with zero attached hydrogens (tertiary/aromatic N) is 2. The van der Waals surface area contributed by atoms with Gasteiger partial charge in [-0.2, -0.15) is 0 Å². The number of aromatic nitrogens is 1. The minimum absolute atomic E-state index is 0.0806. The van der Waals surface area contributed by atoms with E-state index in [1.165, 1.54) is 36.3 Å². The van der Waals surface area contributed by atoms with Crippen LogP contribution in [0, 0.1) is 11.6 Å². The summed E-state index contributed by atoms with van der Waals surface area (Å²) in [5.41, 5.74) is 1.20. The Kier molecular flexibility index (Phi) is 5.68. The van der Waals surface area contributed by atoms with Gasteiger partial charge in [0.25, 0.3) is 5.91 Å². The van der Waals surface area contributed by atoms with Crippen LogP contribution in [0.3, 0.4) is 0 Å². The fraction of sp³-hybridized carbons (Fsp3) is 0.182. The first kappa shape index (κ1) is 19.5. The smallest absolute Gasteiger partial charge is 0.257 e. The van der Waals surface area contributed by atoms with Gasteiger partial charge in [0, 0.05) is 24.9 Å². The van der Waals surface area contributed by atoms with Gasteiger partial charge in [-0.1, -0.05) is 12.1 Å². The lowest BCUT2D eigenvalue weighted by Gasteiger charge is -2.25. The van der Waals surface area contributed by atoms with Crippen molar-refractivity contribution in [2.75, 3.05) is 14.2 Å². The molecule has 0 spiro atoms. The molecular formula is C22H20F2N2O2. The summed E-state index contributed by atoms with van der Waals surface area (Å²) in [6, 6.07) is 13.5. The van der Waals surface area contributed by atoms with Crippen molar-refractivity contribution >= 4 is 5.91 Å². The van der Waals surface area contributed by atoms with E-state index in [4.69, 9.17) is 4.74 Å². The summed E-state index contributed by atoms with van der Waals surface area (Å²) in [5.74, 6) is -1.34. The van der Waals surface area contributed by atoms with Gasteiger partial charge in [-0.25, -0.2) is 8.78 Å². The minimum Gasteiger partial charge on any atom is -0.497 e. The zero-order chi connectivity index (χ0) is 20.3. The van der Waals surface area contributed by atoms with E-state index >= 15 is 0 Å². The Bertz CT molecular complexity index is 993. The molecule has 0 N–H and O–H groups in total. The van der Waals surface area contributed by atoms with Gasteiger partial charge in [0.15, 0.2) is 0 Å². The number of rotatable bonds is 5. The lowest BCUT2D eigenvalue weighted by atomic mass is 10.0. The molecule has 0 saturated heterocycles. The number of amides is 1. The molecule has 6 heteroatoms. The van der Waals surface area contributed by atoms with Crippen molar-refractivity contribution in [2.45, 2.75) is 13.0 Å². The highest BCUT2D eigenvalue weighted by Crippen LogP contribution is 2.28. The highest BCUT2D eigenvalue weighted by atomic mass is 19.1. The van der Waals surface area contributed by atoms with E-state index in [0.717, 1.165) is 6.07 Å². The van der Waals surface area contributed by atoms with E-state index in [-0.39, 0.29) is 17.2 Å². The second kappa shape index (κ2) is 8.17. The normalized spacial score (nSPS) is 11.8. The second-order valence-corrected chi connectivity index (χ2v) is 6.39. The number of pyridine rings is 1. The van der Waals surface area contributed by atoms with Crippen LogP contribution in [-0.4, -0.2) is 29.9 Å². The van der Waals surface area contributed by atoms with Crippen LogP contribution in [0.4, 0.5) is 8.78 Å². The van der Waals surface area contributed by atoms with Gasteiger partial charge in [0.2, 0.25) is 0 Å². The Morgan fingerprint density at radius 3 is 2.46 bits per heavy atom. The van der Waals surface area contributed by atoms with Crippen molar-refractivity contribution in [1.82, 2.24) is 9.88 Å². The molecule has 0 radical (unpaired) electrons. The molecule has 1 amide bonds. The van der Waals surface area contributed by atoms with Crippen LogP contribution in [0.25, 0.3) is 11.1 Å². The van der Waals surface area contributed by atoms with Gasteiger partial charge < -0.3 is 9.64 Å². The standard InChI is InChI=1S/C22H20F2N2O2/c1-14(21-6-4-5-11-25-21)26(2)22(27)18-9-7-15(12-19(18)23)17-10-8-16(28-3)13-20(17)24/h4-14H,1-3H3. The molecule has 28 heavy (non-hydrogen) atoms. The molecule has 144 valence electrons. The SMILES string of the molecule is COc1ccc(-c2ccc(C(=O)N(C)C(C)c3ccccn3)c(F)c2)c(F)c1. The van der Waals surface area contributed by atoms with Crippen LogP contribution in [0.2, 0.25) is 0 Å². The molecule has 0 aliphatic carbocycles. The van der Waals surface area contributed by atoms with Crippen molar-refractivity contribution in [2.24, 2.45) is 0 Å². The summed E-state index contributed by atoms with van der Waals surface area (Å²) in [6.07, 6.45) is 1.64. The predicted octanol–water partition coefficient (Wildman–Crippen LogP) is 4.87. The average molecular weight is 382 g/mol. The van der Waals surface area contributed by atoms with E-state index in [1.807, 2.05) is 13.0 Å². The molecular weight excluding hydrogens is 362 g/mol. The molecule has 0 aliphatic heterocycles. The Morgan fingerprint density at radius 1 is 1.07 bits per heavy atom. The van der Waals surface area contributed by atoms with Gasteiger partial charge in [-0.05, 0) is 48.9 Å². The fourth-order valence-corrected chi connectivity index (χ4v) is 2.90. The molecule has 1 aromatic heterocycles. The van der Waals surface area contributed by atoms with E-state index in [0.29, 0.717) is 17.0 Å². The summed E-state index contributed by atoms with van der Waals surface area (Å²) in [6.45, 7) is 1.82. The summed E-state index contributed by atoms with van der Waals surface area (Å²) in [7, 11) is 3.04. The number of hydrogen-bond donors (Lipinski definition) is 0. The Labute approximate surface area is 162 Å². The van der Waals surface area contributed by atoms with Crippen LogP contribution in [-0.2, 0) is 0 Å². The lowest BCUT2D eigenvalue weighted by Crippen LogP contribution is -2.30. The molecule has 0 saturated carbocycles. The molecule has 1 heterocycles. The number of methoxy groups -OCH3 is 1. The lowest BCUT2D eigenvalue weighted by molar-refractivity contribution is 0.0735. The Morgan fingerprint density at radius 2 is 1.86 bits per heavy atom. The van der Waals surface area contributed by atoms with Crippen LogP contribution < -0.4 is 4.74 Å². The molecule has 2 aromatic carbocycles. The molecule has 0 bridgehead atoms. The first-order valence-corrected chi connectivity index (χ1v) is 8.74. The van der Waals surface area contributed by atoms with E-state index in [9.17, 15) is 13.6 Å². The number of hydrogen-bond acceptors (Lipinski definition) is 3. The molecule has 1 atom stereocenters. The van der Waals surface area contributed by atoms with Crippen molar-refractivity contribution in [1.29, 1.82) is 0 Å². The van der Waals surface area contributed by atoms with Crippen molar-refractivity contribution in [3.63, 3.8) is 0 Å². The van der Waals surface area contributed by atoms with Gasteiger partial charge in [0.05, 0.1) is 24.4 Å². The monoisotopic (exact) mass is 382 g/mol. The maximum absolute atomic E-state index is 14.7.